The summed E-state index contributed by atoms with van der Waals surface area (Å²) in [6.45, 7) is 1.37. The molecule has 0 fully saturated rings. The van der Waals surface area contributed by atoms with Crippen LogP contribution in [-0.4, -0.2) is 23.3 Å². The van der Waals surface area contributed by atoms with Crippen molar-refractivity contribution in [1.82, 2.24) is 4.98 Å². The highest BCUT2D eigenvalue weighted by Gasteiger charge is 2.06. The number of hydrogen-bond donors (Lipinski definition) is 0. The van der Waals surface area contributed by atoms with E-state index < -0.39 is 0 Å². The van der Waals surface area contributed by atoms with Crippen LogP contribution in [0.2, 0.25) is 0 Å². The number of Topliss-reactive ketones (excluding diaryl/α,β-unsaturated/α-hetero) is 1. The van der Waals surface area contributed by atoms with E-state index in [1.54, 1.807) is 0 Å². The third kappa shape index (κ3) is 1.84. The van der Waals surface area contributed by atoms with Crippen LogP contribution in [0.4, 0.5) is 0 Å². The Balaban J connectivity index is 3.28. The summed E-state index contributed by atoms with van der Waals surface area (Å²) in [7, 11) is 0. The number of aldehydes is 2. The van der Waals surface area contributed by atoms with Gasteiger partial charge in [-0.1, -0.05) is 0 Å². The van der Waals surface area contributed by atoms with Crippen LogP contribution in [0.15, 0.2) is 12.3 Å². The molecule has 0 N–H and O–H groups in total. The van der Waals surface area contributed by atoms with Crippen molar-refractivity contribution < 1.29 is 14.4 Å². The molecule has 0 radical (unpaired) electrons. The first-order valence-corrected chi connectivity index (χ1v) is 3.60. The van der Waals surface area contributed by atoms with E-state index in [-0.39, 0.29) is 17.0 Å². The number of carbonyl (C=O) groups excluding carboxylic acids is 3. The molecule has 0 aliphatic rings. The van der Waals surface area contributed by atoms with E-state index in [2.05, 4.69) is 4.98 Å². The minimum Gasteiger partial charge on any atom is -0.298 e. The molecular weight excluding hydrogens is 170 g/mol. The third-order valence-corrected chi connectivity index (χ3v) is 1.59. The minimum atomic E-state index is -0.187. The Morgan fingerprint density at radius 3 is 2.54 bits per heavy atom. The fourth-order valence-corrected chi connectivity index (χ4v) is 0.878. The van der Waals surface area contributed by atoms with Crippen molar-refractivity contribution in [3.63, 3.8) is 0 Å². The maximum absolute atomic E-state index is 10.9. The third-order valence-electron chi connectivity index (χ3n) is 1.59. The summed E-state index contributed by atoms with van der Waals surface area (Å²) in [6.07, 6.45) is 2.26. The number of pyridine rings is 1. The number of ketones is 1. The number of carbonyl (C=O) groups is 3. The Kier molecular flexibility index (Phi) is 2.64. The molecule has 0 saturated heterocycles. The molecule has 4 heteroatoms. The Morgan fingerprint density at radius 1 is 1.38 bits per heavy atom. The van der Waals surface area contributed by atoms with Crippen molar-refractivity contribution in [2.24, 2.45) is 0 Å². The first-order valence-electron chi connectivity index (χ1n) is 3.60. The zero-order valence-corrected chi connectivity index (χ0v) is 6.98. The summed E-state index contributed by atoms with van der Waals surface area (Å²) in [4.78, 5) is 35.3. The summed E-state index contributed by atoms with van der Waals surface area (Å²) in [6, 6.07) is 1.35. The molecule has 13 heavy (non-hydrogen) atoms. The van der Waals surface area contributed by atoms with E-state index in [0.29, 0.717) is 18.1 Å². The lowest BCUT2D eigenvalue weighted by atomic mass is 10.1. The fourth-order valence-electron chi connectivity index (χ4n) is 0.878. The van der Waals surface area contributed by atoms with Gasteiger partial charge in [-0.05, 0) is 13.0 Å². The summed E-state index contributed by atoms with van der Waals surface area (Å²) >= 11 is 0. The number of aromatic nitrogens is 1. The second-order valence-corrected chi connectivity index (χ2v) is 2.49. The molecule has 0 aromatic carbocycles. The van der Waals surface area contributed by atoms with Gasteiger partial charge < -0.3 is 0 Å². The smallest absolute Gasteiger partial charge is 0.169 e. The van der Waals surface area contributed by atoms with Crippen LogP contribution in [0.3, 0.4) is 0 Å². The molecule has 1 heterocycles. The molecule has 1 aromatic heterocycles. The van der Waals surface area contributed by atoms with Gasteiger partial charge in [0, 0.05) is 17.3 Å². The highest BCUT2D eigenvalue weighted by Crippen LogP contribution is 2.05. The van der Waals surface area contributed by atoms with Crippen LogP contribution in [-0.2, 0) is 0 Å². The van der Waals surface area contributed by atoms with Crippen LogP contribution in [0.1, 0.15) is 38.1 Å². The normalized spacial score (nSPS) is 9.31. The van der Waals surface area contributed by atoms with Crippen molar-refractivity contribution in [3.05, 3.63) is 29.1 Å². The fraction of sp³-hybridized carbons (Fsp3) is 0.111. The predicted octanol–water partition coefficient (Wildman–Crippen LogP) is 0.909. The van der Waals surface area contributed by atoms with Gasteiger partial charge in [-0.3, -0.25) is 19.4 Å². The second-order valence-electron chi connectivity index (χ2n) is 2.49. The van der Waals surface area contributed by atoms with Gasteiger partial charge in [0.1, 0.15) is 5.69 Å². The monoisotopic (exact) mass is 177 g/mol. The molecule has 0 spiro atoms. The van der Waals surface area contributed by atoms with Crippen LogP contribution in [0.5, 0.6) is 0 Å². The van der Waals surface area contributed by atoms with E-state index in [1.165, 1.54) is 19.2 Å². The average Bonchev–Trinajstić information content (AvgIpc) is 2.16. The van der Waals surface area contributed by atoms with Crippen LogP contribution >= 0.6 is 0 Å². The second kappa shape index (κ2) is 3.71. The maximum atomic E-state index is 10.9. The predicted molar refractivity (Wildman–Crippen MR) is 45.0 cm³/mol. The first-order chi connectivity index (χ1) is 6.19. The van der Waals surface area contributed by atoms with Crippen LogP contribution in [0.25, 0.3) is 0 Å². The number of hydrogen-bond acceptors (Lipinski definition) is 4. The Hall–Kier alpha value is -1.84. The summed E-state index contributed by atoms with van der Waals surface area (Å²) < 4.78 is 0. The molecule has 1 rings (SSSR count). The average molecular weight is 177 g/mol. The molecule has 0 bridgehead atoms. The van der Waals surface area contributed by atoms with Crippen molar-refractivity contribution >= 4 is 18.4 Å². The molecule has 0 saturated carbocycles. The summed E-state index contributed by atoms with van der Waals surface area (Å²) in [5.74, 6) is -0.187. The molecule has 66 valence electrons. The summed E-state index contributed by atoms with van der Waals surface area (Å²) in [5, 5.41) is 0. The van der Waals surface area contributed by atoms with Crippen molar-refractivity contribution in [1.29, 1.82) is 0 Å². The van der Waals surface area contributed by atoms with Gasteiger partial charge >= 0.3 is 0 Å². The van der Waals surface area contributed by atoms with Crippen molar-refractivity contribution in [2.45, 2.75) is 6.92 Å². The summed E-state index contributed by atoms with van der Waals surface area (Å²) in [5.41, 5.74) is 0.524. The minimum absolute atomic E-state index is 0.0556. The first kappa shape index (κ1) is 9.25. The van der Waals surface area contributed by atoms with E-state index >= 15 is 0 Å². The molecule has 0 aliphatic carbocycles. The zero-order chi connectivity index (χ0) is 9.84. The Bertz CT molecular complexity index is 371. The van der Waals surface area contributed by atoms with Crippen LogP contribution in [0, 0.1) is 0 Å². The molecule has 0 aliphatic heterocycles. The lowest BCUT2D eigenvalue weighted by Crippen LogP contribution is -2.00. The highest BCUT2D eigenvalue weighted by atomic mass is 16.1. The van der Waals surface area contributed by atoms with E-state index in [4.69, 9.17) is 0 Å². The van der Waals surface area contributed by atoms with Gasteiger partial charge in [-0.2, -0.15) is 0 Å². The number of nitrogens with zero attached hydrogens (tertiary/aromatic N) is 1. The van der Waals surface area contributed by atoms with Gasteiger partial charge in [0.15, 0.2) is 18.4 Å². The zero-order valence-electron chi connectivity index (χ0n) is 6.98. The Labute approximate surface area is 74.6 Å². The molecule has 1 aromatic rings. The van der Waals surface area contributed by atoms with E-state index in [0.717, 1.165) is 0 Å². The van der Waals surface area contributed by atoms with Gasteiger partial charge in [0.25, 0.3) is 0 Å². The molecule has 0 amide bonds. The quantitative estimate of drug-likeness (QED) is 0.508. The van der Waals surface area contributed by atoms with Gasteiger partial charge in [0.05, 0.1) is 0 Å². The largest absolute Gasteiger partial charge is 0.298 e. The van der Waals surface area contributed by atoms with Crippen molar-refractivity contribution in [2.75, 3.05) is 0 Å². The standard InChI is InChI=1S/C9H7NO3/c1-6(13)7-2-8(4-11)9(5-12)10-3-7/h2-5H,1H3. The van der Waals surface area contributed by atoms with E-state index in [1.807, 2.05) is 0 Å². The molecule has 0 atom stereocenters. The molecule has 4 nitrogen and oxygen atoms in total. The van der Waals surface area contributed by atoms with Gasteiger partial charge in [-0.25, -0.2) is 0 Å². The van der Waals surface area contributed by atoms with Crippen molar-refractivity contribution in [3.8, 4) is 0 Å². The van der Waals surface area contributed by atoms with Gasteiger partial charge in [-0.15, -0.1) is 0 Å². The van der Waals surface area contributed by atoms with E-state index in [9.17, 15) is 14.4 Å². The van der Waals surface area contributed by atoms with Crippen LogP contribution < -0.4 is 0 Å². The lowest BCUT2D eigenvalue weighted by molar-refractivity contribution is 0.101. The highest BCUT2D eigenvalue weighted by molar-refractivity contribution is 5.97. The molecule has 0 unspecified atom stereocenters. The number of rotatable bonds is 3. The SMILES string of the molecule is CC(=O)c1cnc(C=O)c(C=O)c1. The Morgan fingerprint density at radius 2 is 2.08 bits per heavy atom. The topological polar surface area (TPSA) is 64.1 Å². The lowest BCUT2D eigenvalue weighted by Gasteiger charge is -1.98. The van der Waals surface area contributed by atoms with Gasteiger partial charge in [0.2, 0.25) is 0 Å². The molecular formula is C9H7NO3. The maximum Gasteiger partial charge on any atom is 0.169 e.